The first kappa shape index (κ1) is 20.9. The van der Waals surface area contributed by atoms with Gasteiger partial charge >= 0.3 is 5.97 Å². The van der Waals surface area contributed by atoms with Crippen LogP contribution in [-0.4, -0.2) is 46.3 Å². The van der Waals surface area contributed by atoms with E-state index in [1.807, 2.05) is 13.8 Å². The minimum atomic E-state index is -0.880. The molecule has 1 aliphatic rings. The molecule has 0 spiro atoms. The number of hydrogen-bond donors (Lipinski definition) is 4. The number of nitrogens with two attached hydrogens (primary N) is 1. The van der Waals surface area contributed by atoms with Crippen molar-refractivity contribution in [3.05, 3.63) is 0 Å². The summed E-state index contributed by atoms with van der Waals surface area (Å²) in [5.74, 6) is 3.05. The number of carboxylic acid groups (broad SMARTS) is 1. The van der Waals surface area contributed by atoms with Crippen molar-refractivity contribution in [2.75, 3.05) is 0 Å². The highest BCUT2D eigenvalue weighted by atomic mass is 16.4. The van der Waals surface area contributed by atoms with Gasteiger partial charge in [-0.1, -0.05) is 13.8 Å². The third kappa shape index (κ3) is 6.00. The second-order valence-corrected chi connectivity index (χ2v) is 6.39. The van der Waals surface area contributed by atoms with E-state index in [2.05, 4.69) is 15.8 Å². The van der Waals surface area contributed by atoms with Gasteiger partial charge < -0.3 is 10.5 Å². The molecule has 142 valence electrons. The van der Waals surface area contributed by atoms with Crippen LogP contribution in [0.2, 0.25) is 0 Å². The SMILES string of the molecule is CCC(CC)N(NC(C)=O)C(=O)C[C@H]1CC(C(=O)O)C[C@@H]1N=CNN. The fraction of sp³-hybridized carbons (Fsp3) is 0.750. The Kier molecular flexibility index (Phi) is 8.33. The minimum Gasteiger partial charge on any atom is -0.481 e. The van der Waals surface area contributed by atoms with Crippen molar-refractivity contribution >= 4 is 24.1 Å². The van der Waals surface area contributed by atoms with E-state index in [9.17, 15) is 19.5 Å². The highest BCUT2D eigenvalue weighted by molar-refractivity contribution is 5.81. The molecule has 0 aromatic carbocycles. The highest BCUT2D eigenvalue weighted by Crippen LogP contribution is 2.36. The lowest BCUT2D eigenvalue weighted by atomic mass is 9.98. The summed E-state index contributed by atoms with van der Waals surface area (Å²) in [7, 11) is 0. The minimum absolute atomic E-state index is 0.0965. The average Bonchev–Trinajstić information content (AvgIpc) is 2.95. The van der Waals surface area contributed by atoms with Crippen LogP contribution in [0.1, 0.15) is 52.9 Å². The normalized spacial score (nSPS) is 23.0. The van der Waals surface area contributed by atoms with Crippen molar-refractivity contribution in [3.63, 3.8) is 0 Å². The zero-order chi connectivity index (χ0) is 19.0. The van der Waals surface area contributed by atoms with E-state index in [0.29, 0.717) is 25.7 Å². The van der Waals surface area contributed by atoms with Crippen LogP contribution in [0.5, 0.6) is 0 Å². The van der Waals surface area contributed by atoms with Gasteiger partial charge in [-0.15, -0.1) is 0 Å². The van der Waals surface area contributed by atoms with E-state index in [0.717, 1.165) is 0 Å². The smallest absolute Gasteiger partial charge is 0.306 e. The second kappa shape index (κ2) is 9.97. The van der Waals surface area contributed by atoms with Crippen molar-refractivity contribution in [2.45, 2.75) is 65.0 Å². The molecular weight excluding hydrogens is 326 g/mol. The number of hydrazine groups is 2. The van der Waals surface area contributed by atoms with Crippen LogP contribution >= 0.6 is 0 Å². The van der Waals surface area contributed by atoms with E-state index < -0.39 is 11.9 Å². The van der Waals surface area contributed by atoms with E-state index in [4.69, 9.17) is 5.84 Å². The summed E-state index contributed by atoms with van der Waals surface area (Å²) in [6.45, 7) is 5.26. The molecule has 0 heterocycles. The molecule has 9 nitrogen and oxygen atoms in total. The molecule has 1 unspecified atom stereocenters. The topological polar surface area (TPSA) is 137 Å². The van der Waals surface area contributed by atoms with E-state index in [1.54, 1.807) is 0 Å². The van der Waals surface area contributed by atoms with Crippen molar-refractivity contribution in [3.8, 4) is 0 Å². The summed E-state index contributed by atoms with van der Waals surface area (Å²) in [5, 5.41) is 10.6. The molecule has 5 N–H and O–H groups in total. The molecule has 1 saturated carbocycles. The van der Waals surface area contributed by atoms with Crippen LogP contribution in [0.15, 0.2) is 4.99 Å². The molecule has 0 saturated heterocycles. The van der Waals surface area contributed by atoms with Crippen LogP contribution < -0.4 is 16.7 Å². The summed E-state index contributed by atoms with van der Waals surface area (Å²) in [5.41, 5.74) is 4.91. The molecule has 0 aromatic heterocycles. The van der Waals surface area contributed by atoms with Crippen LogP contribution in [-0.2, 0) is 14.4 Å². The van der Waals surface area contributed by atoms with Crippen LogP contribution in [0.4, 0.5) is 0 Å². The molecule has 0 aliphatic heterocycles. The molecule has 0 bridgehead atoms. The van der Waals surface area contributed by atoms with Gasteiger partial charge in [-0.2, -0.15) is 0 Å². The Bertz CT molecular complexity index is 507. The summed E-state index contributed by atoms with van der Waals surface area (Å²) < 4.78 is 0. The zero-order valence-corrected chi connectivity index (χ0v) is 15.1. The predicted molar refractivity (Wildman–Crippen MR) is 93.1 cm³/mol. The maximum atomic E-state index is 12.8. The number of carbonyl (C=O) groups is 3. The Morgan fingerprint density at radius 3 is 2.44 bits per heavy atom. The fourth-order valence-corrected chi connectivity index (χ4v) is 3.35. The van der Waals surface area contributed by atoms with Crippen molar-refractivity contribution < 1.29 is 19.5 Å². The number of amides is 2. The second-order valence-electron chi connectivity index (χ2n) is 6.39. The molecule has 1 fully saturated rings. The van der Waals surface area contributed by atoms with Gasteiger partial charge in [0.1, 0.15) is 0 Å². The van der Waals surface area contributed by atoms with Gasteiger partial charge in [-0.05, 0) is 31.6 Å². The molecule has 1 rings (SSSR count). The van der Waals surface area contributed by atoms with Gasteiger partial charge in [0.25, 0.3) is 0 Å². The number of nitrogens with one attached hydrogen (secondary N) is 2. The summed E-state index contributed by atoms with van der Waals surface area (Å²) in [6.07, 6.45) is 3.63. The Morgan fingerprint density at radius 2 is 1.96 bits per heavy atom. The van der Waals surface area contributed by atoms with Crippen molar-refractivity contribution in [1.82, 2.24) is 15.9 Å². The largest absolute Gasteiger partial charge is 0.481 e. The number of rotatable bonds is 8. The van der Waals surface area contributed by atoms with Gasteiger partial charge in [0, 0.05) is 13.3 Å². The lowest BCUT2D eigenvalue weighted by Crippen LogP contribution is -2.51. The molecule has 1 aliphatic carbocycles. The number of aliphatic imine (C=N–C) groups is 1. The summed E-state index contributed by atoms with van der Waals surface area (Å²) in [4.78, 5) is 39.7. The maximum Gasteiger partial charge on any atom is 0.306 e. The first-order valence-electron chi connectivity index (χ1n) is 8.63. The number of aliphatic carboxylic acids is 1. The quantitative estimate of drug-likeness (QED) is 0.215. The molecular formula is C16H29N5O4. The fourth-order valence-electron chi connectivity index (χ4n) is 3.35. The van der Waals surface area contributed by atoms with Gasteiger partial charge in [-0.3, -0.25) is 29.8 Å². The Balaban J connectivity index is 2.89. The highest BCUT2D eigenvalue weighted by Gasteiger charge is 2.39. The first-order valence-corrected chi connectivity index (χ1v) is 8.63. The lowest BCUT2D eigenvalue weighted by Gasteiger charge is -2.31. The zero-order valence-electron chi connectivity index (χ0n) is 15.1. The Labute approximate surface area is 148 Å². The van der Waals surface area contributed by atoms with E-state index >= 15 is 0 Å². The monoisotopic (exact) mass is 355 g/mol. The van der Waals surface area contributed by atoms with Gasteiger partial charge in [-0.25, -0.2) is 5.84 Å². The first-order chi connectivity index (χ1) is 11.8. The Hall–Kier alpha value is -2.16. The third-order valence-electron chi connectivity index (χ3n) is 4.64. The van der Waals surface area contributed by atoms with Crippen molar-refractivity contribution in [2.24, 2.45) is 22.7 Å². The van der Waals surface area contributed by atoms with Gasteiger partial charge in [0.05, 0.1) is 24.3 Å². The van der Waals surface area contributed by atoms with Crippen LogP contribution in [0.3, 0.4) is 0 Å². The average molecular weight is 355 g/mol. The predicted octanol–water partition coefficient (Wildman–Crippen LogP) is 0.416. The molecule has 3 atom stereocenters. The van der Waals surface area contributed by atoms with E-state index in [-0.39, 0.29) is 36.2 Å². The molecule has 2 amide bonds. The summed E-state index contributed by atoms with van der Waals surface area (Å²) in [6, 6.07) is -0.386. The number of carbonyl (C=O) groups excluding carboxylic acids is 2. The molecule has 25 heavy (non-hydrogen) atoms. The molecule has 0 radical (unpaired) electrons. The summed E-state index contributed by atoms with van der Waals surface area (Å²) >= 11 is 0. The van der Waals surface area contributed by atoms with Gasteiger partial charge in [0.2, 0.25) is 11.8 Å². The van der Waals surface area contributed by atoms with E-state index in [1.165, 1.54) is 18.3 Å². The lowest BCUT2D eigenvalue weighted by molar-refractivity contribution is -0.145. The number of carboxylic acids is 1. The van der Waals surface area contributed by atoms with Crippen LogP contribution in [0.25, 0.3) is 0 Å². The standard InChI is InChI=1S/C16H29N5O4/c1-4-13(5-2)21(20-10(3)22)15(23)8-11-6-12(16(24)25)7-14(11)18-9-19-17/h9,11-14H,4-8,17H2,1-3H3,(H,18,19)(H,20,22)(H,24,25)/t11-,12?,14+/m1/s1. The van der Waals surface area contributed by atoms with Crippen LogP contribution in [0, 0.1) is 11.8 Å². The van der Waals surface area contributed by atoms with Gasteiger partial charge in [0.15, 0.2) is 0 Å². The number of nitrogens with zero attached hydrogens (tertiary/aromatic N) is 2. The Morgan fingerprint density at radius 1 is 1.32 bits per heavy atom. The number of hydrogen-bond acceptors (Lipinski definition) is 5. The third-order valence-corrected chi connectivity index (χ3v) is 4.64. The van der Waals surface area contributed by atoms with Crippen molar-refractivity contribution in [1.29, 1.82) is 0 Å². The molecule has 9 heteroatoms. The molecule has 0 aromatic rings. The maximum absolute atomic E-state index is 12.8.